The van der Waals surface area contributed by atoms with Crippen LogP contribution in [-0.4, -0.2) is 18.1 Å². The Morgan fingerprint density at radius 3 is 2.83 bits per heavy atom. The predicted octanol–water partition coefficient (Wildman–Crippen LogP) is 4.35. The molecule has 1 aliphatic rings. The smallest absolute Gasteiger partial charge is 0.0580 e. The molecule has 1 aromatic rings. The lowest BCUT2D eigenvalue weighted by Crippen LogP contribution is -2.33. The van der Waals surface area contributed by atoms with E-state index in [0.29, 0.717) is 6.10 Å². The Kier molecular flexibility index (Phi) is 5.08. The zero-order valence-electron chi connectivity index (χ0n) is 11.4. The molecule has 0 amide bonds. The average molecular weight is 267 g/mol. The molecule has 0 saturated heterocycles. The third-order valence-electron chi connectivity index (χ3n) is 3.72. The van der Waals surface area contributed by atoms with Gasteiger partial charge in [0.15, 0.2) is 0 Å². The van der Waals surface area contributed by atoms with Crippen LogP contribution < -0.4 is 0 Å². The summed E-state index contributed by atoms with van der Waals surface area (Å²) in [4.78, 5) is 0. The summed E-state index contributed by atoms with van der Waals surface area (Å²) in [5.74, 6) is 0.772. The lowest BCUT2D eigenvalue weighted by molar-refractivity contribution is -0.0266. The van der Waals surface area contributed by atoms with E-state index < -0.39 is 0 Å². The van der Waals surface area contributed by atoms with E-state index in [0.717, 1.165) is 25.4 Å². The molecule has 1 saturated carbocycles. The van der Waals surface area contributed by atoms with Crippen molar-refractivity contribution in [3.05, 3.63) is 35.4 Å². The zero-order chi connectivity index (χ0) is 13.0. The van der Waals surface area contributed by atoms with E-state index in [1.54, 1.807) is 0 Å². The monoisotopic (exact) mass is 266 g/mol. The molecule has 0 bridgehead atoms. The molecular weight excluding hydrogens is 244 g/mol. The molecule has 0 aromatic heterocycles. The van der Waals surface area contributed by atoms with Crippen LogP contribution in [0.3, 0.4) is 0 Å². The highest BCUT2D eigenvalue weighted by Crippen LogP contribution is 2.35. The van der Waals surface area contributed by atoms with Crippen LogP contribution in [0.25, 0.3) is 0 Å². The van der Waals surface area contributed by atoms with Crippen LogP contribution in [0.15, 0.2) is 24.3 Å². The Balaban J connectivity index is 1.71. The van der Waals surface area contributed by atoms with Gasteiger partial charge in [0.25, 0.3) is 0 Å². The summed E-state index contributed by atoms with van der Waals surface area (Å²) in [6, 6.07) is 8.65. The maximum absolute atomic E-state index is 6.46. The second-order valence-electron chi connectivity index (χ2n) is 5.44. The van der Waals surface area contributed by atoms with Gasteiger partial charge in [-0.05, 0) is 51.0 Å². The molecule has 18 heavy (non-hydrogen) atoms. The number of alkyl halides is 1. The number of aryl methyl sites for hydroxylation is 1. The van der Waals surface area contributed by atoms with Gasteiger partial charge in [-0.1, -0.05) is 29.8 Å². The molecular formula is C16H23ClO. The second kappa shape index (κ2) is 6.58. The summed E-state index contributed by atoms with van der Waals surface area (Å²) in [5.41, 5.74) is 2.67. The van der Waals surface area contributed by atoms with Gasteiger partial charge >= 0.3 is 0 Å². The fourth-order valence-electron chi connectivity index (χ4n) is 2.78. The third kappa shape index (κ3) is 4.00. The minimum atomic E-state index is 0.263. The second-order valence-corrected chi connectivity index (χ2v) is 6.06. The Labute approximate surface area is 115 Å². The lowest BCUT2D eigenvalue weighted by Gasteiger charge is -2.36. The van der Waals surface area contributed by atoms with Gasteiger partial charge in [0.05, 0.1) is 6.10 Å². The number of rotatable bonds is 6. The van der Waals surface area contributed by atoms with Gasteiger partial charge in [-0.3, -0.25) is 0 Å². The van der Waals surface area contributed by atoms with Crippen LogP contribution in [0.2, 0.25) is 0 Å². The van der Waals surface area contributed by atoms with Crippen LogP contribution >= 0.6 is 11.6 Å². The van der Waals surface area contributed by atoms with Gasteiger partial charge < -0.3 is 4.74 Å². The topological polar surface area (TPSA) is 9.23 Å². The Morgan fingerprint density at radius 1 is 1.39 bits per heavy atom. The van der Waals surface area contributed by atoms with Crippen LogP contribution in [0.1, 0.15) is 37.3 Å². The summed E-state index contributed by atoms with van der Waals surface area (Å²) in [7, 11) is 0. The average Bonchev–Trinajstić information content (AvgIpc) is 2.26. The molecule has 1 atom stereocenters. The highest BCUT2D eigenvalue weighted by Gasteiger charge is 2.30. The Morgan fingerprint density at radius 2 is 2.17 bits per heavy atom. The molecule has 2 rings (SSSR count). The molecule has 1 nitrogen and oxygen atoms in total. The van der Waals surface area contributed by atoms with Crippen molar-refractivity contribution in [1.82, 2.24) is 0 Å². The first-order chi connectivity index (χ1) is 8.67. The summed E-state index contributed by atoms with van der Waals surface area (Å²) >= 11 is 6.46. The molecule has 0 aliphatic heterocycles. The van der Waals surface area contributed by atoms with Crippen LogP contribution in [0, 0.1) is 12.8 Å². The molecule has 0 heterocycles. The fourth-order valence-corrected chi connectivity index (χ4v) is 3.21. The predicted molar refractivity (Wildman–Crippen MR) is 77.3 cm³/mol. The molecule has 1 aromatic carbocycles. The van der Waals surface area contributed by atoms with Crippen molar-refractivity contribution >= 4 is 11.6 Å². The highest BCUT2D eigenvalue weighted by atomic mass is 35.5. The number of hydrogen-bond acceptors (Lipinski definition) is 1. The summed E-state index contributed by atoms with van der Waals surface area (Å²) < 4.78 is 5.58. The molecule has 0 radical (unpaired) electrons. The zero-order valence-corrected chi connectivity index (χ0v) is 12.1. The largest absolute Gasteiger partial charge is 0.378 e. The Bertz CT molecular complexity index is 371. The number of hydrogen-bond donors (Lipinski definition) is 0. The van der Waals surface area contributed by atoms with Crippen LogP contribution in [-0.2, 0) is 11.2 Å². The minimum absolute atomic E-state index is 0.263. The van der Waals surface area contributed by atoms with Crippen molar-refractivity contribution in [2.75, 3.05) is 6.61 Å². The normalized spacial score (nSPS) is 24.6. The van der Waals surface area contributed by atoms with Gasteiger partial charge in [0, 0.05) is 12.0 Å². The molecule has 0 N–H and O–H groups in total. The van der Waals surface area contributed by atoms with Gasteiger partial charge in [0.1, 0.15) is 0 Å². The van der Waals surface area contributed by atoms with E-state index in [-0.39, 0.29) is 5.38 Å². The van der Waals surface area contributed by atoms with Crippen molar-refractivity contribution in [3.63, 3.8) is 0 Å². The van der Waals surface area contributed by atoms with E-state index in [9.17, 15) is 0 Å². The van der Waals surface area contributed by atoms with E-state index >= 15 is 0 Å². The van der Waals surface area contributed by atoms with Crippen molar-refractivity contribution in [1.29, 1.82) is 0 Å². The SMILES string of the molecule is CCOC1CC(CC(Cl)Cc2cccc(C)c2)C1. The quantitative estimate of drug-likeness (QED) is 0.696. The van der Waals surface area contributed by atoms with Crippen molar-refractivity contribution in [2.45, 2.75) is 51.0 Å². The first-order valence-corrected chi connectivity index (χ1v) is 7.42. The summed E-state index contributed by atoms with van der Waals surface area (Å²) in [6.07, 6.45) is 5.01. The van der Waals surface area contributed by atoms with Crippen LogP contribution in [0.4, 0.5) is 0 Å². The molecule has 2 heteroatoms. The van der Waals surface area contributed by atoms with E-state index in [4.69, 9.17) is 16.3 Å². The number of ether oxygens (including phenoxy) is 1. The third-order valence-corrected chi connectivity index (χ3v) is 4.06. The molecule has 1 unspecified atom stereocenters. The molecule has 1 aliphatic carbocycles. The maximum atomic E-state index is 6.46. The Hall–Kier alpha value is -0.530. The van der Waals surface area contributed by atoms with E-state index in [1.165, 1.54) is 24.0 Å². The van der Waals surface area contributed by atoms with Gasteiger partial charge in [-0.25, -0.2) is 0 Å². The first kappa shape index (κ1) is 13.9. The maximum Gasteiger partial charge on any atom is 0.0580 e. The first-order valence-electron chi connectivity index (χ1n) is 6.98. The lowest BCUT2D eigenvalue weighted by atomic mass is 9.78. The van der Waals surface area contributed by atoms with Gasteiger partial charge in [-0.2, -0.15) is 0 Å². The fraction of sp³-hybridized carbons (Fsp3) is 0.625. The van der Waals surface area contributed by atoms with Crippen molar-refractivity contribution in [3.8, 4) is 0 Å². The minimum Gasteiger partial charge on any atom is -0.378 e. The summed E-state index contributed by atoms with van der Waals surface area (Å²) in [5, 5.41) is 0.263. The molecule has 1 fully saturated rings. The van der Waals surface area contributed by atoms with Gasteiger partial charge in [0.2, 0.25) is 0 Å². The van der Waals surface area contributed by atoms with Gasteiger partial charge in [-0.15, -0.1) is 11.6 Å². The molecule has 0 spiro atoms. The van der Waals surface area contributed by atoms with E-state index in [2.05, 4.69) is 38.1 Å². The molecule has 100 valence electrons. The van der Waals surface area contributed by atoms with Crippen LogP contribution in [0.5, 0.6) is 0 Å². The number of halogens is 1. The van der Waals surface area contributed by atoms with Crippen molar-refractivity contribution in [2.24, 2.45) is 5.92 Å². The van der Waals surface area contributed by atoms with E-state index in [1.807, 2.05) is 0 Å². The highest BCUT2D eigenvalue weighted by molar-refractivity contribution is 6.20. The standard InChI is InChI=1S/C16H23ClO/c1-3-18-16-10-14(11-16)9-15(17)8-13-6-4-5-12(2)7-13/h4-7,14-16H,3,8-11H2,1-2H3. The summed E-state index contributed by atoms with van der Waals surface area (Å²) in [6.45, 7) is 5.03. The number of benzene rings is 1. The van der Waals surface area contributed by atoms with Crippen molar-refractivity contribution < 1.29 is 4.74 Å².